The molecule has 0 saturated carbocycles. The highest BCUT2D eigenvalue weighted by atomic mass is 32.2. The lowest BCUT2D eigenvalue weighted by molar-refractivity contribution is -0.137. The maximum absolute atomic E-state index is 13.2. The molecule has 1 aliphatic rings. The minimum Gasteiger partial charge on any atom is -0.316 e. The molecule has 1 heterocycles. The van der Waals surface area contributed by atoms with Gasteiger partial charge in [0.2, 0.25) is 0 Å². The number of hydrogen-bond acceptors (Lipinski definition) is 3. The molecule has 0 aromatic heterocycles. The van der Waals surface area contributed by atoms with E-state index in [1.165, 1.54) is 12.1 Å². The summed E-state index contributed by atoms with van der Waals surface area (Å²) in [5, 5.41) is 3.14. The van der Waals surface area contributed by atoms with E-state index in [2.05, 4.69) is 5.32 Å². The van der Waals surface area contributed by atoms with Crippen molar-refractivity contribution < 1.29 is 30.4 Å². The van der Waals surface area contributed by atoms with Crippen LogP contribution in [0, 0.1) is 11.7 Å². The molecule has 0 radical (unpaired) electrons. The SMILES string of the molecule is O=S(=O)(Cc1cc(CF)cc(C(F)(F)F)c1)CC1CNCC[C@H]1c1ccc(F)cc1. The summed E-state index contributed by atoms with van der Waals surface area (Å²) in [5.41, 5.74) is -0.527. The van der Waals surface area contributed by atoms with E-state index < -0.39 is 34.0 Å². The second-order valence-corrected chi connectivity index (χ2v) is 9.74. The quantitative estimate of drug-likeness (QED) is 0.658. The van der Waals surface area contributed by atoms with E-state index >= 15 is 0 Å². The van der Waals surface area contributed by atoms with Gasteiger partial charge in [0.15, 0.2) is 9.84 Å². The lowest BCUT2D eigenvalue weighted by Crippen LogP contribution is -2.39. The lowest BCUT2D eigenvalue weighted by atomic mass is 9.82. The number of alkyl halides is 4. The van der Waals surface area contributed by atoms with E-state index in [1.807, 2.05) is 0 Å². The Bertz CT molecular complexity index is 974. The van der Waals surface area contributed by atoms with E-state index in [9.17, 15) is 30.4 Å². The summed E-state index contributed by atoms with van der Waals surface area (Å²) in [4.78, 5) is 0. The highest BCUT2D eigenvalue weighted by Gasteiger charge is 2.33. The molecule has 1 aliphatic heterocycles. The molecular weight excluding hydrogens is 425 g/mol. The summed E-state index contributed by atoms with van der Waals surface area (Å²) in [6, 6.07) is 8.51. The number of piperidine rings is 1. The lowest BCUT2D eigenvalue weighted by Gasteiger charge is -2.32. The molecule has 2 atom stereocenters. The largest absolute Gasteiger partial charge is 0.416 e. The van der Waals surface area contributed by atoms with Gasteiger partial charge < -0.3 is 5.32 Å². The fourth-order valence-electron chi connectivity index (χ4n) is 3.97. The molecule has 0 spiro atoms. The highest BCUT2D eigenvalue weighted by molar-refractivity contribution is 7.90. The van der Waals surface area contributed by atoms with Gasteiger partial charge in [0.1, 0.15) is 12.5 Å². The Morgan fingerprint density at radius 2 is 1.70 bits per heavy atom. The monoisotopic (exact) mass is 447 g/mol. The van der Waals surface area contributed by atoms with Crippen LogP contribution in [0.25, 0.3) is 0 Å². The van der Waals surface area contributed by atoms with Crippen LogP contribution in [0.3, 0.4) is 0 Å². The Labute approximate surface area is 172 Å². The molecule has 0 bridgehead atoms. The van der Waals surface area contributed by atoms with Crippen LogP contribution >= 0.6 is 0 Å². The van der Waals surface area contributed by atoms with E-state index in [1.54, 1.807) is 12.1 Å². The molecule has 164 valence electrons. The Kier molecular flexibility index (Phi) is 6.81. The third kappa shape index (κ3) is 5.78. The minimum atomic E-state index is -4.69. The first-order valence-electron chi connectivity index (χ1n) is 9.50. The van der Waals surface area contributed by atoms with Crippen LogP contribution in [-0.2, 0) is 28.4 Å². The fraction of sp³-hybridized carbons (Fsp3) is 0.429. The Morgan fingerprint density at radius 1 is 1.03 bits per heavy atom. The first-order chi connectivity index (χ1) is 14.1. The molecule has 9 heteroatoms. The van der Waals surface area contributed by atoms with Crippen molar-refractivity contribution >= 4 is 9.84 Å². The van der Waals surface area contributed by atoms with Crippen LogP contribution in [0.15, 0.2) is 42.5 Å². The van der Waals surface area contributed by atoms with E-state index in [-0.39, 0.29) is 34.5 Å². The van der Waals surface area contributed by atoms with Crippen molar-refractivity contribution in [3.05, 3.63) is 70.5 Å². The van der Waals surface area contributed by atoms with Crippen LogP contribution in [0.1, 0.15) is 34.6 Å². The molecule has 3 rings (SSSR count). The number of sulfone groups is 1. The van der Waals surface area contributed by atoms with Crippen LogP contribution in [-0.4, -0.2) is 27.3 Å². The second-order valence-electron chi connectivity index (χ2n) is 7.64. The molecule has 1 fully saturated rings. The summed E-state index contributed by atoms with van der Waals surface area (Å²) in [6.45, 7) is 0.00181. The zero-order chi connectivity index (χ0) is 21.9. The van der Waals surface area contributed by atoms with Crippen LogP contribution in [0.2, 0.25) is 0 Å². The Balaban J connectivity index is 1.81. The first kappa shape index (κ1) is 22.7. The molecule has 2 aromatic rings. The number of hydrogen-bond donors (Lipinski definition) is 1. The molecule has 0 aliphatic carbocycles. The van der Waals surface area contributed by atoms with Gasteiger partial charge in [-0.1, -0.05) is 18.2 Å². The number of benzene rings is 2. The number of halogens is 5. The molecule has 3 nitrogen and oxygen atoms in total. The average molecular weight is 447 g/mol. The molecule has 1 unspecified atom stereocenters. The van der Waals surface area contributed by atoms with Gasteiger partial charge in [-0.25, -0.2) is 17.2 Å². The van der Waals surface area contributed by atoms with Crippen molar-refractivity contribution in [1.29, 1.82) is 0 Å². The Hall–Kier alpha value is -2.00. The van der Waals surface area contributed by atoms with Crippen molar-refractivity contribution in [2.75, 3.05) is 18.8 Å². The van der Waals surface area contributed by atoms with Gasteiger partial charge in [-0.3, -0.25) is 0 Å². The van der Waals surface area contributed by atoms with Crippen molar-refractivity contribution in [2.24, 2.45) is 5.92 Å². The average Bonchev–Trinajstić information content (AvgIpc) is 2.67. The fourth-order valence-corrected chi connectivity index (χ4v) is 5.77. The van der Waals surface area contributed by atoms with Crippen molar-refractivity contribution in [3.8, 4) is 0 Å². The van der Waals surface area contributed by atoms with Gasteiger partial charge in [0, 0.05) is 0 Å². The van der Waals surface area contributed by atoms with Crippen LogP contribution in [0.5, 0.6) is 0 Å². The summed E-state index contributed by atoms with van der Waals surface area (Å²) >= 11 is 0. The second kappa shape index (κ2) is 9.01. The predicted octanol–water partition coefficient (Wildman–Crippen LogP) is 4.62. The normalized spacial score (nSPS) is 20.3. The van der Waals surface area contributed by atoms with E-state index in [0.717, 1.165) is 17.7 Å². The Morgan fingerprint density at radius 3 is 2.33 bits per heavy atom. The molecule has 30 heavy (non-hydrogen) atoms. The van der Waals surface area contributed by atoms with Crippen LogP contribution in [0.4, 0.5) is 22.0 Å². The topological polar surface area (TPSA) is 46.2 Å². The summed E-state index contributed by atoms with van der Waals surface area (Å²) in [6.07, 6.45) is -4.02. The zero-order valence-electron chi connectivity index (χ0n) is 16.1. The summed E-state index contributed by atoms with van der Waals surface area (Å²) in [5.74, 6) is -1.63. The maximum atomic E-state index is 13.2. The van der Waals surface area contributed by atoms with Gasteiger partial charge in [-0.15, -0.1) is 0 Å². The summed E-state index contributed by atoms with van der Waals surface area (Å²) < 4.78 is 91.0. The zero-order valence-corrected chi connectivity index (χ0v) is 16.9. The maximum Gasteiger partial charge on any atom is 0.416 e. The van der Waals surface area contributed by atoms with Crippen molar-refractivity contribution in [1.82, 2.24) is 5.32 Å². The highest BCUT2D eigenvalue weighted by Crippen LogP contribution is 2.34. The van der Waals surface area contributed by atoms with E-state index in [0.29, 0.717) is 25.6 Å². The third-order valence-electron chi connectivity index (χ3n) is 5.29. The van der Waals surface area contributed by atoms with Gasteiger partial charge >= 0.3 is 6.18 Å². The van der Waals surface area contributed by atoms with Gasteiger partial charge in [-0.05, 0) is 72.3 Å². The number of nitrogens with one attached hydrogen (secondary N) is 1. The molecule has 0 amide bonds. The molecule has 2 aromatic carbocycles. The van der Waals surface area contributed by atoms with Gasteiger partial charge in [-0.2, -0.15) is 13.2 Å². The molecule has 1 saturated heterocycles. The predicted molar refractivity (Wildman–Crippen MR) is 104 cm³/mol. The van der Waals surface area contributed by atoms with Crippen LogP contribution < -0.4 is 5.32 Å². The third-order valence-corrected chi connectivity index (χ3v) is 7.00. The standard InChI is InChI=1S/C21H22F5NO2S/c22-10-14-7-15(9-18(8-14)21(24,25)26)12-30(28,29)13-17-11-27-6-5-20(17)16-1-3-19(23)4-2-16/h1-4,7-9,17,20,27H,5-6,10-13H2/t17?,20-/m0/s1. The summed E-state index contributed by atoms with van der Waals surface area (Å²) in [7, 11) is -3.77. The van der Waals surface area contributed by atoms with E-state index in [4.69, 9.17) is 0 Å². The van der Waals surface area contributed by atoms with Gasteiger partial charge in [0.25, 0.3) is 0 Å². The van der Waals surface area contributed by atoms with Crippen molar-refractivity contribution in [2.45, 2.75) is 30.9 Å². The van der Waals surface area contributed by atoms with Crippen molar-refractivity contribution in [3.63, 3.8) is 0 Å². The number of rotatable bonds is 6. The minimum absolute atomic E-state index is 0.0837. The molecule has 1 N–H and O–H groups in total. The van der Waals surface area contributed by atoms with Gasteiger partial charge in [0.05, 0.1) is 17.1 Å². The smallest absolute Gasteiger partial charge is 0.316 e. The first-order valence-corrected chi connectivity index (χ1v) is 11.3. The molecular formula is C21H22F5NO2S.